The first kappa shape index (κ1) is 22.2. The number of ether oxygens (including phenoxy) is 2. The fourth-order valence-corrected chi connectivity index (χ4v) is 3.63. The number of carbonyl (C=O) groups is 1. The molecule has 1 aromatic rings. The summed E-state index contributed by atoms with van der Waals surface area (Å²) in [4.78, 5) is 16.0. The van der Waals surface area contributed by atoms with E-state index >= 15 is 0 Å². The largest absolute Gasteiger partial charge is 0.481 e. The molecule has 3 aliphatic rings. The normalized spacial score (nSPS) is 21.4. The van der Waals surface area contributed by atoms with Crippen LogP contribution >= 0.6 is 0 Å². The summed E-state index contributed by atoms with van der Waals surface area (Å²) in [7, 11) is 0. The molecule has 2 heterocycles. The van der Waals surface area contributed by atoms with E-state index in [4.69, 9.17) is 9.47 Å². The number of carboxylic acid groups (broad SMARTS) is 1. The van der Waals surface area contributed by atoms with Crippen molar-refractivity contribution >= 4 is 23.1 Å². The van der Waals surface area contributed by atoms with Crippen LogP contribution in [0.2, 0.25) is 0 Å². The van der Waals surface area contributed by atoms with Crippen LogP contribution in [0.4, 0.5) is 18.9 Å². The van der Waals surface area contributed by atoms with Gasteiger partial charge in [-0.3, -0.25) is 5.21 Å². The molecule has 2 aliphatic heterocycles. The number of benzene rings is 1. The van der Waals surface area contributed by atoms with Gasteiger partial charge in [0.15, 0.2) is 12.4 Å². The van der Waals surface area contributed by atoms with Gasteiger partial charge in [-0.1, -0.05) is 18.2 Å². The minimum Gasteiger partial charge on any atom is -0.481 e. The van der Waals surface area contributed by atoms with Crippen molar-refractivity contribution in [2.24, 2.45) is 10.9 Å². The zero-order valence-electron chi connectivity index (χ0n) is 16.9. The van der Waals surface area contributed by atoms with Crippen molar-refractivity contribution in [3.8, 4) is 5.75 Å². The molecule has 4 rings (SSSR count). The van der Waals surface area contributed by atoms with Crippen molar-refractivity contribution in [3.05, 3.63) is 41.7 Å². The van der Waals surface area contributed by atoms with Gasteiger partial charge >= 0.3 is 12.1 Å². The molecule has 8 nitrogen and oxygen atoms in total. The SMILES string of the molecule is O=C(O)C1C(Nc2cccc(C3=CCOCC3)c2OCC(F)(F)F)=NC=C(C2CC2)N1O. The van der Waals surface area contributed by atoms with Crippen LogP contribution in [0.15, 0.2) is 41.2 Å². The number of allylic oxidation sites excluding steroid dienone is 1. The first-order valence-electron chi connectivity index (χ1n) is 10.1. The number of nitrogens with zero attached hydrogens (tertiary/aromatic N) is 2. The van der Waals surface area contributed by atoms with E-state index in [0.29, 0.717) is 36.0 Å². The van der Waals surface area contributed by atoms with Gasteiger partial charge in [-0.2, -0.15) is 13.2 Å². The molecule has 11 heteroatoms. The average Bonchev–Trinajstić information content (AvgIpc) is 3.58. The maximum atomic E-state index is 12.9. The monoisotopic (exact) mass is 453 g/mol. The van der Waals surface area contributed by atoms with Crippen molar-refractivity contribution in [1.29, 1.82) is 0 Å². The van der Waals surface area contributed by atoms with E-state index in [9.17, 15) is 28.3 Å². The molecular weight excluding hydrogens is 431 g/mol. The molecule has 0 amide bonds. The Morgan fingerprint density at radius 2 is 2.12 bits per heavy atom. The molecule has 1 unspecified atom stereocenters. The second kappa shape index (κ2) is 8.83. The van der Waals surface area contributed by atoms with Crippen LogP contribution in [-0.2, 0) is 9.53 Å². The van der Waals surface area contributed by atoms with Gasteiger partial charge in [0.1, 0.15) is 5.84 Å². The van der Waals surface area contributed by atoms with Crippen LogP contribution in [0, 0.1) is 5.92 Å². The molecule has 0 bridgehead atoms. The number of amidine groups is 1. The molecule has 0 spiro atoms. The van der Waals surface area contributed by atoms with Crippen molar-refractivity contribution in [2.45, 2.75) is 31.5 Å². The van der Waals surface area contributed by atoms with E-state index in [0.717, 1.165) is 18.4 Å². The number of hydroxylamine groups is 2. The quantitative estimate of drug-likeness (QED) is 0.604. The van der Waals surface area contributed by atoms with Crippen LogP contribution in [0.25, 0.3) is 5.57 Å². The molecule has 0 radical (unpaired) electrons. The molecule has 1 fully saturated rings. The first-order chi connectivity index (χ1) is 15.2. The lowest BCUT2D eigenvalue weighted by atomic mass is 9.99. The van der Waals surface area contributed by atoms with Crippen molar-refractivity contribution in [1.82, 2.24) is 5.06 Å². The molecule has 0 saturated heterocycles. The second-order valence-corrected chi connectivity index (χ2v) is 7.69. The highest BCUT2D eigenvalue weighted by molar-refractivity contribution is 6.12. The van der Waals surface area contributed by atoms with Gasteiger partial charge in [0.05, 0.1) is 30.8 Å². The standard InChI is InChI=1S/C21H22F3N3O5/c22-21(23,24)11-32-18-14(12-6-8-31-9-7-12)2-1-3-15(18)26-19-17(20(28)29)27(30)16(10-25-19)13-4-5-13/h1-3,6,10,13,17,30H,4-5,7-9,11H2,(H,25,26)(H,28,29). The number of hydrogen-bond acceptors (Lipinski definition) is 7. The van der Waals surface area contributed by atoms with E-state index in [2.05, 4.69) is 10.3 Å². The topological polar surface area (TPSA) is 104 Å². The Bertz CT molecular complexity index is 985. The lowest BCUT2D eigenvalue weighted by Crippen LogP contribution is -2.49. The zero-order valence-corrected chi connectivity index (χ0v) is 16.9. The highest BCUT2D eigenvalue weighted by Crippen LogP contribution is 2.41. The molecule has 1 atom stereocenters. The summed E-state index contributed by atoms with van der Waals surface area (Å²) < 4.78 is 49.2. The van der Waals surface area contributed by atoms with Gasteiger partial charge in [-0.15, -0.1) is 0 Å². The summed E-state index contributed by atoms with van der Waals surface area (Å²) in [5, 5.41) is 23.5. The van der Waals surface area contributed by atoms with E-state index in [1.807, 2.05) is 0 Å². The third-order valence-corrected chi connectivity index (χ3v) is 5.30. The fourth-order valence-electron chi connectivity index (χ4n) is 3.63. The number of anilines is 1. The Hall–Kier alpha value is -3.05. The minimum atomic E-state index is -4.57. The summed E-state index contributed by atoms with van der Waals surface area (Å²) in [5.74, 6) is -1.53. The highest BCUT2D eigenvalue weighted by Gasteiger charge is 2.40. The molecule has 1 aromatic carbocycles. The summed E-state index contributed by atoms with van der Waals surface area (Å²) in [6.07, 6.45) is 0.710. The molecule has 1 saturated carbocycles. The maximum absolute atomic E-state index is 12.9. The second-order valence-electron chi connectivity index (χ2n) is 7.69. The lowest BCUT2D eigenvalue weighted by Gasteiger charge is -2.31. The Labute approximate surface area is 181 Å². The number of halogens is 3. The number of aliphatic imine (C=N–C) groups is 1. The minimum absolute atomic E-state index is 0.0432. The summed E-state index contributed by atoms with van der Waals surface area (Å²) >= 11 is 0. The summed E-state index contributed by atoms with van der Waals surface area (Å²) in [5.41, 5.74) is 1.72. The predicted octanol–water partition coefficient (Wildman–Crippen LogP) is 3.65. The maximum Gasteiger partial charge on any atom is 0.422 e. The van der Waals surface area contributed by atoms with E-state index in [1.54, 1.807) is 18.2 Å². The van der Waals surface area contributed by atoms with Crippen molar-refractivity contribution < 1.29 is 37.8 Å². The first-order valence-corrected chi connectivity index (χ1v) is 10.1. The number of hydrogen-bond donors (Lipinski definition) is 3. The Balaban J connectivity index is 1.70. The van der Waals surface area contributed by atoms with Gasteiger partial charge < -0.3 is 19.9 Å². The third kappa shape index (κ3) is 4.89. The number of rotatable bonds is 6. The molecule has 32 heavy (non-hydrogen) atoms. The summed E-state index contributed by atoms with van der Waals surface area (Å²) in [6, 6.07) is 3.19. The summed E-state index contributed by atoms with van der Waals surface area (Å²) in [6.45, 7) is -0.771. The van der Waals surface area contributed by atoms with Gasteiger partial charge in [-0.05, 0) is 30.9 Å². The Morgan fingerprint density at radius 3 is 2.75 bits per heavy atom. The fraction of sp³-hybridized carbons (Fsp3) is 0.429. The molecule has 0 aromatic heterocycles. The number of aliphatic carboxylic acids is 1. The van der Waals surface area contributed by atoms with Crippen LogP contribution in [0.3, 0.4) is 0 Å². The number of alkyl halides is 3. The van der Waals surface area contributed by atoms with Crippen LogP contribution in [0.5, 0.6) is 5.75 Å². The Morgan fingerprint density at radius 1 is 1.34 bits per heavy atom. The van der Waals surface area contributed by atoms with Gasteiger partial charge in [-0.25, -0.2) is 14.9 Å². The van der Waals surface area contributed by atoms with Crippen LogP contribution in [-0.4, -0.2) is 59.2 Å². The van der Waals surface area contributed by atoms with Gasteiger partial charge in [0, 0.05) is 11.5 Å². The number of para-hydroxylation sites is 1. The predicted molar refractivity (Wildman–Crippen MR) is 108 cm³/mol. The van der Waals surface area contributed by atoms with Crippen LogP contribution < -0.4 is 10.1 Å². The molecular formula is C21H22F3N3O5. The van der Waals surface area contributed by atoms with Crippen molar-refractivity contribution in [2.75, 3.05) is 25.1 Å². The Kier molecular flexibility index (Phi) is 6.11. The molecule has 172 valence electrons. The van der Waals surface area contributed by atoms with Gasteiger partial charge in [0.2, 0.25) is 6.04 Å². The van der Waals surface area contributed by atoms with E-state index in [1.165, 1.54) is 12.3 Å². The molecule has 1 aliphatic carbocycles. The zero-order chi connectivity index (χ0) is 22.9. The van der Waals surface area contributed by atoms with E-state index < -0.39 is 24.8 Å². The van der Waals surface area contributed by atoms with Crippen molar-refractivity contribution in [3.63, 3.8) is 0 Å². The smallest absolute Gasteiger partial charge is 0.422 e. The highest BCUT2D eigenvalue weighted by atomic mass is 19.4. The van der Waals surface area contributed by atoms with Crippen LogP contribution in [0.1, 0.15) is 24.8 Å². The molecule has 3 N–H and O–H groups in total. The lowest BCUT2D eigenvalue weighted by molar-refractivity contribution is -0.154. The third-order valence-electron chi connectivity index (χ3n) is 5.30. The number of nitrogens with one attached hydrogen (secondary N) is 1. The van der Waals surface area contributed by atoms with Gasteiger partial charge in [0.25, 0.3) is 0 Å². The average molecular weight is 453 g/mol. The van der Waals surface area contributed by atoms with E-state index in [-0.39, 0.29) is 23.2 Å². The number of carboxylic acids is 1.